The van der Waals surface area contributed by atoms with Gasteiger partial charge < -0.3 is 20.1 Å². The molecule has 0 unspecified atom stereocenters. The number of rotatable bonds is 2. The Morgan fingerprint density at radius 3 is 2.53 bits per heavy atom. The van der Waals surface area contributed by atoms with E-state index in [0.717, 1.165) is 12.8 Å². The highest BCUT2D eigenvalue weighted by atomic mass is 16.5. The van der Waals surface area contributed by atoms with Crippen LogP contribution in [0.25, 0.3) is 0 Å². The van der Waals surface area contributed by atoms with E-state index in [1.165, 1.54) is 0 Å². The van der Waals surface area contributed by atoms with E-state index in [2.05, 4.69) is 5.32 Å². The highest BCUT2D eigenvalue weighted by molar-refractivity contribution is 5.75. The quantitative estimate of drug-likeness (QED) is 0.786. The van der Waals surface area contributed by atoms with Crippen LogP contribution in [0.5, 0.6) is 0 Å². The van der Waals surface area contributed by atoms with E-state index in [9.17, 15) is 9.59 Å². The molecule has 1 aliphatic carbocycles. The van der Waals surface area contributed by atoms with Crippen LogP contribution in [-0.2, 0) is 9.53 Å². The Morgan fingerprint density at radius 1 is 1.26 bits per heavy atom. The van der Waals surface area contributed by atoms with Gasteiger partial charge in [-0.15, -0.1) is 0 Å². The molecule has 2 aliphatic rings. The molecule has 0 aromatic carbocycles. The Bertz CT molecular complexity index is 340. The minimum Gasteiger partial charge on any atom is -0.481 e. The zero-order valence-corrected chi connectivity index (χ0v) is 11.3. The van der Waals surface area contributed by atoms with Gasteiger partial charge in [-0.05, 0) is 32.6 Å². The Labute approximate surface area is 113 Å². The van der Waals surface area contributed by atoms with Crippen molar-refractivity contribution in [2.45, 2.75) is 44.8 Å². The fourth-order valence-corrected chi connectivity index (χ4v) is 2.75. The molecular formula is C13H22N2O4. The first-order valence-corrected chi connectivity index (χ1v) is 6.96. The number of carbonyl (C=O) groups excluding carboxylic acids is 1. The van der Waals surface area contributed by atoms with Gasteiger partial charge >= 0.3 is 12.0 Å². The van der Waals surface area contributed by atoms with Crippen molar-refractivity contribution in [3.05, 3.63) is 0 Å². The number of carboxylic acid groups (broad SMARTS) is 1. The first-order valence-electron chi connectivity index (χ1n) is 6.96. The second-order valence-electron chi connectivity index (χ2n) is 5.46. The van der Waals surface area contributed by atoms with Crippen LogP contribution in [0.2, 0.25) is 0 Å². The Kier molecular flexibility index (Phi) is 4.63. The van der Waals surface area contributed by atoms with E-state index >= 15 is 0 Å². The Morgan fingerprint density at radius 2 is 1.95 bits per heavy atom. The summed E-state index contributed by atoms with van der Waals surface area (Å²) in [6.45, 7) is 3.79. The number of carboxylic acids is 1. The zero-order valence-electron chi connectivity index (χ0n) is 11.3. The van der Waals surface area contributed by atoms with Gasteiger partial charge in [0.05, 0.1) is 18.6 Å². The standard InChI is InChI=1S/C13H22N2O4/c1-9-8-15(6-7-19-9)13(18)14-11-4-2-10(3-5-11)12(16)17/h9-11H,2-8H2,1H3,(H,14,18)(H,16,17)/t9-,10?,11?/m0/s1. The number of urea groups is 1. The number of nitrogens with one attached hydrogen (secondary N) is 1. The van der Waals surface area contributed by atoms with Gasteiger partial charge in [0.1, 0.15) is 0 Å². The number of hydrogen-bond acceptors (Lipinski definition) is 3. The summed E-state index contributed by atoms with van der Waals surface area (Å²) in [4.78, 5) is 24.7. The van der Waals surface area contributed by atoms with E-state index in [4.69, 9.17) is 9.84 Å². The van der Waals surface area contributed by atoms with Gasteiger partial charge in [0.15, 0.2) is 0 Å². The van der Waals surface area contributed by atoms with Gasteiger partial charge in [0, 0.05) is 19.1 Å². The molecule has 6 nitrogen and oxygen atoms in total. The van der Waals surface area contributed by atoms with Gasteiger partial charge in [-0.2, -0.15) is 0 Å². The molecule has 1 atom stereocenters. The molecule has 2 N–H and O–H groups in total. The molecule has 1 saturated carbocycles. The van der Waals surface area contributed by atoms with Crippen molar-refractivity contribution in [3.63, 3.8) is 0 Å². The summed E-state index contributed by atoms with van der Waals surface area (Å²) in [6.07, 6.45) is 2.90. The lowest BCUT2D eigenvalue weighted by Gasteiger charge is -2.34. The van der Waals surface area contributed by atoms with Crippen LogP contribution in [0.1, 0.15) is 32.6 Å². The fraction of sp³-hybridized carbons (Fsp3) is 0.846. The minimum atomic E-state index is -0.716. The van der Waals surface area contributed by atoms with Gasteiger partial charge in [0.2, 0.25) is 0 Å². The van der Waals surface area contributed by atoms with Crippen molar-refractivity contribution in [2.24, 2.45) is 5.92 Å². The van der Waals surface area contributed by atoms with E-state index < -0.39 is 5.97 Å². The first-order chi connectivity index (χ1) is 9.06. The van der Waals surface area contributed by atoms with Crippen LogP contribution in [0.15, 0.2) is 0 Å². The maximum Gasteiger partial charge on any atom is 0.317 e. The summed E-state index contributed by atoms with van der Waals surface area (Å²) in [5, 5.41) is 11.9. The van der Waals surface area contributed by atoms with Crippen molar-refractivity contribution in [1.29, 1.82) is 0 Å². The monoisotopic (exact) mass is 270 g/mol. The zero-order chi connectivity index (χ0) is 13.8. The number of hydrogen-bond donors (Lipinski definition) is 2. The summed E-state index contributed by atoms with van der Waals surface area (Å²) in [6, 6.07) is 0.0650. The topological polar surface area (TPSA) is 78.9 Å². The predicted molar refractivity (Wildman–Crippen MR) is 68.9 cm³/mol. The molecule has 2 amide bonds. The van der Waals surface area contributed by atoms with Crippen molar-refractivity contribution in [1.82, 2.24) is 10.2 Å². The Hall–Kier alpha value is -1.30. The molecule has 6 heteroatoms. The molecule has 19 heavy (non-hydrogen) atoms. The highest BCUT2D eigenvalue weighted by Gasteiger charge is 2.28. The molecule has 108 valence electrons. The number of aliphatic carboxylic acids is 1. The molecular weight excluding hydrogens is 248 g/mol. The van der Waals surface area contributed by atoms with Crippen LogP contribution in [-0.4, -0.2) is 53.8 Å². The Balaban J connectivity index is 1.75. The summed E-state index contributed by atoms with van der Waals surface area (Å²) in [5.74, 6) is -0.955. The fourth-order valence-electron chi connectivity index (χ4n) is 2.75. The van der Waals surface area contributed by atoms with Crippen molar-refractivity contribution >= 4 is 12.0 Å². The molecule has 1 heterocycles. The van der Waals surface area contributed by atoms with Crippen LogP contribution in [0.3, 0.4) is 0 Å². The number of morpholine rings is 1. The number of amides is 2. The lowest BCUT2D eigenvalue weighted by molar-refractivity contribution is -0.142. The van der Waals surface area contributed by atoms with Crippen LogP contribution >= 0.6 is 0 Å². The van der Waals surface area contributed by atoms with Gasteiger partial charge in [-0.1, -0.05) is 0 Å². The molecule has 2 fully saturated rings. The van der Waals surface area contributed by atoms with E-state index in [1.54, 1.807) is 4.90 Å². The van der Waals surface area contributed by atoms with Crippen molar-refractivity contribution in [2.75, 3.05) is 19.7 Å². The van der Waals surface area contributed by atoms with Crippen LogP contribution < -0.4 is 5.32 Å². The normalized spacial score (nSPS) is 31.8. The van der Waals surface area contributed by atoms with Crippen molar-refractivity contribution in [3.8, 4) is 0 Å². The average Bonchev–Trinajstić information content (AvgIpc) is 2.39. The highest BCUT2D eigenvalue weighted by Crippen LogP contribution is 2.24. The summed E-state index contributed by atoms with van der Waals surface area (Å²) >= 11 is 0. The molecule has 0 bridgehead atoms. The summed E-state index contributed by atoms with van der Waals surface area (Å²) < 4.78 is 5.40. The van der Waals surface area contributed by atoms with Gasteiger partial charge in [-0.25, -0.2) is 4.79 Å². The molecule has 1 aliphatic heterocycles. The van der Waals surface area contributed by atoms with Crippen LogP contribution in [0, 0.1) is 5.92 Å². The third-order valence-electron chi connectivity index (χ3n) is 3.93. The smallest absolute Gasteiger partial charge is 0.317 e. The van der Waals surface area contributed by atoms with Gasteiger partial charge in [0.25, 0.3) is 0 Å². The molecule has 2 rings (SSSR count). The molecule has 1 saturated heterocycles. The third kappa shape index (κ3) is 3.83. The molecule has 0 spiro atoms. The molecule has 0 radical (unpaired) electrons. The second kappa shape index (κ2) is 6.23. The number of ether oxygens (including phenoxy) is 1. The maximum atomic E-state index is 12.1. The van der Waals surface area contributed by atoms with Crippen molar-refractivity contribution < 1.29 is 19.4 Å². The van der Waals surface area contributed by atoms with Gasteiger partial charge in [-0.3, -0.25) is 4.79 Å². The molecule has 0 aromatic heterocycles. The van der Waals surface area contributed by atoms with E-state index in [-0.39, 0.29) is 24.1 Å². The first kappa shape index (κ1) is 14.1. The SMILES string of the molecule is C[C@H]1CN(C(=O)NC2CCC(C(=O)O)CC2)CCO1. The number of nitrogens with zero attached hydrogens (tertiary/aromatic N) is 1. The third-order valence-corrected chi connectivity index (χ3v) is 3.93. The minimum absolute atomic E-state index is 0.0473. The number of carbonyl (C=O) groups is 2. The van der Waals surface area contributed by atoms with E-state index in [0.29, 0.717) is 32.5 Å². The van der Waals surface area contributed by atoms with Crippen LogP contribution in [0.4, 0.5) is 4.79 Å². The maximum absolute atomic E-state index is 12.1. The largest absolute Gasteiger partial charge is 0.481 e. The lowest BCUT2D eigenvalue weighted by atomic mass is 9.86. The second-order valence-corrected chi connectivity index (χ2v) is 5.46. The van der Waals surface area contributed by atoms with E-state index in [1.807, 2.05) is 6.92 Å². The molecule has 0 aromatic rings. The average molecular weight is 270 g/mol. The summed E-state index contributed by atoms with van der Waals surface area (Å²) in [5.41, 5.74) is 0. The predicted octanol–water partition coefficient (Wildman–Crippen LogP) is 1.06. The summed E-state index contributed by atoms with van der Waals surface area (Å²) in [7, 11) is 0. The lowest BCUT2D eigenvalue weighted by Crippen LogP contribution is -2.51.